The number of rotatable bonds is 4. The normalized spacial score (nSPS) is 20.1. The van der Waals surface area contributed by atoms with E-state index >= 15 is 0 Å². The molecule has 1 fully saturated rings. The Morgan fingerprint density at radius 1 is 0.731 bits per heavy atom. The van der Waals surface area contributed by atoms with Crippen LogP contribution in [-0.4, -0.2) is 0 Å². The first-order valence-electron chi connectivity index (χ1n) is 9.15. The molecule has 3 rings (SSSR count). The van der Waals surface area contributed by atoms with Crippen LogP contribution in [0, 0.1) is 34.5 Å². The van der Waals surface area contributed by atoms with E-state index in [1.165, 1.54) is 19.3 Å². The van der Waals surface area contributed by atoms with Gasteiger partial charge in [-0.05, 0) is 54.4 Å². The van der Waals surface area contributed by atoms with E-state index in [2.05, 4.69) is 36.4 Å². The summed E-state index contributed by atoms with van der Waals surface area (Å²) in [7, 11) is 0. The van der Waals surface area contributed by atoms with E-state index in [0.717, 1.165) is 28.7 Å². The molecule has 26 heavy (non-hydrogen) atoms. The van der Waals surface area contributed by atoms with Crippen LogP contribution < -0.4 is 0 Å². The average molecular weight is 338 g/mol. The Bertz CT molecular complexity index is 819. The average Bonchev–Trinajstić information content (AvgIpc) is 2.71. The molecule has 0 aliphatic heterocycles. The number of nitriles is 2. The fourth-order valence-electron chi connectivity index (χ4n) is 3.58. The monoisotopic (exact) mass is 338 g/mol. The zero-order valence-electron chi connectivity index (χ0n) is 14.8. The maximum absolute atomic E-state index is 9.20. The molecule has 2 nitrogen and oxygen atoms in total. The third kappa shape index (κ3) is 4.50. The first-order valence-corrected chi connectivity index (χ1v) is 9.15. The molecular weight excluding hydrogens is 316 g/mol. The van der Waals surface area contributed by atoms with Gasteiger partial charge in [-0.2, -0.15) is 10.5 Å². The van der Waals surface area contributed by atoms with Crippen LogP contribution in [0.1, 0.15) is 47.9 Å². The highest BCUT2D eigenvalue weighted by Crippen LogP contribution is 2.32. The van der Waals surface area contributed by atoms with Crippen molar-refractivity contribution in [3.05, 3.63) is 82.9 Å². The predicted octanol–water partition coefficient (Wildman–Crippen LogP) is 5.96. The topological polar surface area (TPSA) is 47.6 Å². The van der Waals surface area contributed by atoms with Crippen molar-refractivity contribution in [3.63, 3.8) is 0 Å². The lowest BCUT2D eigenvalue weighted by Crippen LogP contribution is -2.12. The number of allylic oxidation sites excluding steroid dienone is 2. The molecule has 0 saturated heterocycles. The fourth-order valence-corrected chi connectivity index (χ4v) is 3.58. The smallest absolute Gasteiger partial charge is 0.0997 e. The molecule has 0 spiro atoms. The third-order valence-corrected chi connectivity index (χ3v) is 5.01. The number of nitrogens with zero attached hydrogens (tertiary/aromatic N) is 2. The second-order valence-corrected chi connectivity index (χ2v) is 6.80. The van der Waals surface area contributed by atoms with E-state index in [4.69, 9.17) is 0 Å². The van der Waals surface area contributed by atoms with Gasteiger partial charge in [0, 0.05) is 0 Å². The summed E-state index contributed by atoms with van der Waals surface area (Å²) in [6.45, 7) is 0. The maximum atomic E-state index is 9.20. The molecule has 0 heterocycles. The minimum Gasteiger partial charge on any atom is -0.192 e. The lowest BCUT2D eigenvalue weighted by molar-refractivity contribution is 0.354. The van der Waals surface area contributed by atoms with Gasteiger partial charge in [0.15, 0.2) is 0 Å². The van der Waals surface area contributed by atoms with Crippen molar-refractivity contribution in [1.82, 2.24) is 0 Å². The van der Waals surface area contributed by atoms with Crippen LogP contribution in [0.3, 0.4) is 0 Å². The molecule has 2 aromatic carbocycles. The van der Waals surface area contributed by atoms with E-state index in [9.17, 15) is 10.5 Å². The van der Waals surface area contributed by atoms with Crippen LogP contribution in [0.4, 0.5) is 0 Å². The van der Waals surface area contributed by atoms with Crippen molar-refractivity contribution in [2.75, 3.05) is 0 Å². The van der Waals surface area contributed by atoms with E-state index in [1.807, 2.05) is 48.5 Å². The Balaban J connectivity index is 1.66. The zero-order chi connectivity index (χ0) is 18.2. The van der Waals surface area contributed by atoms with Crippen molar-refractivity contribution in [1.29, 1.82) is 10.5 Å². The highest BCUT2D eigenvalue weighted by atomic mass is 14.3. The molecule has 1 aliphatic rings. The SMILES string of the molecule is N#Cc1ccccc1/C=C/[C@H]1CCC[C@H](/C=C/c2ccccc2C#N)C1. The molecule has 1 saturated carbocycles. The molecule has 0 aromatic heterocycles. The highest BCUT2D eigenvalue weighted by molar-refractivity contribution is 5.59. The quantitative estimate of drug-likeness (QED) is 0.690. The Hall–Kier alpha value is -3.10. The van der Waals surface area contributed by atoms with Crippen LogP contribution in [0.5, 0.6) is 0 Å². The van der Waals surface area contributed by atoms with Gasteiger partial charge in [0.25, 0.3) is 0 Å². The maximum Gasteiger partial charge on any atom is 0.0997 e. The second-order valence-electron chi connectivity index (χ2n) is 6.80. The van der Waals surface area contributed by atoms with Gasteiger partial charge in [0.2, 0.25) is 0 Å². The van der Waals surface area contributed by atoms with Crippen molar-refractivity contribution in [3.8, 4) is 12.1 Å². The third-order valence-electron chi connectivity index (χ3n) is 5.01. The lowest BCUT2D eigenvalue weighted by Gasteiger charge is -2.25. The molecule has 0 amide bonds. The molecular formula is C24H22N2. The summed E-state index contributed by atoms with van der Waals surface area (Å²) < 4.78 is 0. The van der Waals surface area contributed by atoms with E-state index in [0.29, 0.717) is 11.8 Å². The largest absolute Gasteiger partial charge is 0.192 e. The van der Waals surface area contributed by atoms with Crippen molar-refractivity contribution in [2.24, 2.45) is 11.8 Å². The summed E-state index contributed by atoms with van der Waals surface area (Å²) in [6.07, 6.45) is 13.5. The van der Waals surface area contributed by atoms with Gasteiger partial charge >= 0.3 is 0 Å². The lowest BCUT2D eigenvalue weighted by atomic mass is 9.80. The Morgan fingerprint density at radius 3 is 1.65 bits per heavy atom. The minimum absolute atomic E-state index is 0.538. The minimum atomic E-state index is 0.538. The molecule has 128 valence electrons. The van der Waals surface area contributed by atoms with Crippen LogP contribution in [0.25, 0.3) is 12.2 Å². The molecule has 2 atom stereocenters. The van der Waals surface area contributed by atoms with Gasteiger partial charge in [-0.15, -0.1) is 0 Å². The van der Waals surface area contributed by atoms with Crippen molar-refractivity contribution in [2.45, 2.75) is 25.7 Å². The van der Waals surface area contributed by atoms with E-state index in [-0.39, 0.29) is 0 Å². The zero-order valence-corrected chi connectivity index (χ0v) is 14.8. The second kappa shape index (κ2) is 8.84. The molecule has 2 heteroatoms. The van der Waals surface area contributed by atoms with E-state index < -0.39 is 0 Å². The van der Waals surface area contributed by atoms with Crippen LogP contribution in [-0.2, 0) is 0 Å². The molecule has 0 N–H and O–H groups in total. The summed E-state index contributed by atoms with van der Waals surface area (Å²) in [5.74, 6) is 1.08. The molecule has 0 bridgehead atoms. The highest BCUT2D eigenvalue weighted by Gasteiger charge is 2.18. The van der Waals surface area contributed by atoms with Gasteiger partial charge in [0.05, 0.1) is 23.3 Å². The van der Waals surface area contributed by atoms with Gasteiger partial charge in [0.1, 0.15) is 0 Å². The number of benzene rings is 2. The molecule has 0 unspecified atom stereocenters. The van der Waals surface area contributed by atoms with Crippen molar-refractivity contribution < 1.29 is 0 Å². The molecule has 1 aliphatic carbocycles. The predicted molar refractivity (Wildman–Crippen MR) is 106 cm³/mol. The number of hydrogen-bond acceptors (Lipinski definition) is 2. The molecule has 0 radical (unpaired) electrons. The fraction of sp³-hybridized carbons (Fsp3) is 0.250. The van der Waals surface area contributed by atoms with Gasteiger partial charge in [-0.1, -0.05) is 67.1 Å². The van der Waals surface area contributed by atoms with Gasteiger partial charge < -0.3 is 0 Å². The summed E-state index contributed by atoms with van der Waals surface area (Å²) in [6, 6.07) is 20.0. The van der Waals surface area contributed by atoms with Crippen molar-refractivity contribution >= 4 is 12.2 Å². The molecule has 2 aromatic rings. The standard InChI is InChI=1S/C24H22N2/c25-17-23-10-3-1-8-21(23)14-12-19-6-5-7-20(16-19)13-15-22-9-2-4-11-24(22)18-26/h1-4,8-15,19-20H,5-7,16H2/b14-12+,15-13+/t19-,20-/m1/s1. The van der Waals surface area contributed by atoms with Gasteiger partial charge in [-0.25, -0.2) is 0 Å². The Labute approximate surface area is 155 Å². The Morgan fingerprint density at radius 2 is 1.19 bits per heavy atom. The summed E-state index contributed by atoms with van der Waals surface area (Å²) >= 11 is 0. The van der Waals surface area contributed by atoms with Crippen LogP contribution in [0.2, 0.25) is 0 Å². The Kier molecular flexibility index (Phi) is 6.02. The summed E-state index contributed by atoms with van der Waals surface area (Å²) in [5.41, 5.74) is 3.44. The van der Waals surface area contributed by atoms with Gasteiger partial charge in [-0.3, -0.25) is 0 Å². The summed E-state index contributed by atoms with van der Waals surface area (Å²) in [5, 5.41) is 18.4. The summed E-state index contributed by atoms with van der Waals surface area (Å²) in [4.78, 5) is 0. The van der Waals surface area contributed by atoms with Crippen LogP contribution in [0.15, 0.2) is 60.7 Å². The van der Waals surface area contributed by atoms with Crippen LogP contribution >= 0.6 is 0 Å². The first-order chi connectivity index (χ1) is 12.8. The van der Waals surface area contributed by atoms with E-state index in [1.54, 1.807) is 0 Å². The first kappa shape index (κ1) is 17.7. The number of hydrogen-bond donors (Lipinski definition) is 0.